The molecule has 3 aromatic rings. The first-order valence-electron chi connectivity index (χ1n) is 8.98. The molecular formula is C21H24N2O. The Balaban J connectivity index is 1.49. The molecule has 24 heavy (non-hydrogen) atoms. The molecular weight excluding hydrogens is 296 g/mol. The van der Waals surface area contributed by atoms with Gasteiger partial charge in [0.05, 0.1) is 5.69 Å². The SMILES string of the molecule is CCc1noc2cccc(C3CCN(Cc4ccccc4)CC3)c12. The van der Waals surface area contributed by atoms with Crippen molar-refractivity contribution in [2.75, 3.05) is 13.1 Å². The molecule has 1 aromatic heterocycles. The molecule has 0 N–H and O–H groups in total. The second-order valence-corrected chi connectivity index (χ2v) is 6.74. The number of likely N-dealkylation sites (tertiary alicyclic amines) is 1. The van der Waals surface area contributed by atoms with Crippen molar-refractivity contribution in [3.05, 3.63) is 65.4 Å². The highest BCUT2D eigenvalue weighted by molar-refractivity contribution is 5.83. The monoisotopic (exact) mass is 320 g/mol. The number of fused-ring (bicyclic) bond motifs is 1. The van der Waals surface area contributed by atoms with Crippen molar-refractivity contribution in [2.45, 2.75) is 38.6 Å². The van der Waals surface area contributed by atoms with Gasteiger partial charge in [0, 0.05) is 11.9 Å². The van der Waals surface area contributed by atoms with E-state index in [9.17, 15) is 0 Å². The fourth-order valence-electron chi connectivity index (χ4n) is 3.91. The molecule has 1 aliphatic heterocycles. The van der Waals surface area contributed by atoms with Crippen LogP contribution in [0.5, 0.6) is 0 Å². The smallest absolute Gasteiger partial charge is 0.167 e. The molecule has 1 fully saturated rings. The topological polar surface area (TPSA) is 29.3 Å². The van der Waals surface area contributed by atoms with Crippen molar-refractivity contribution < 1.29 is 4.52 Å². The molecule has 0 saturated carbocycles. The van der Waals surface area contributed by atoms with Crippen LogP contribution in [0.4, 0.5) is 0 Å². The molecule has 1 saturated heterocycles. The lowest BCUT2D eigenvalue weighted by Gasteiger charge is -2.32. The van der Waals surface area contributed by atoms with E-state index in [1.807, 2.05) is 6.07 Å². The van der Waals surface area contributed by atoms with Crippen molar-refractivity contribution in [1.82, 2.24) is 10.1 Å². The largest absolute Gasteiger partial charge is 0.356 e. The molecule has 1 aliphatic rings. The van der Waals surface area contributed by atoms with Crippen molar-refractivity contribution in [1.29, 1.82) is 0 Å². The van der Waals surface area contributed by atoms with Crippen LogP contribution in [0.1, 0.15) is 42.5 Å². The van der Waals surface area contributed by atoms with E-state index >= 15 is 0 Å². The zero-order valence-corrected chi connectivity index (χ0v) is 14.2. The van der Waals surface area contributed by atoms with Crippen LogP contribution in [0.3, 0.4) is 0 Å². The van der Waals surface area contributed by atoms with Gasteiger partial charge in [-0.2, -0.15) is 0 Å². The molecule has 2 aromatic carbocycles. The Kier molecular flexibility index (Phi) is 4.35. The van der Waals surface area contributed by atoms with E-state index in [1.54, 1.807) is 0 Å². The van der Waals surface area contributed by atoms with Crippen molar-refractivity contribution in [3.63, 3.8) is 0 Å². The number of piperidine rings is 1. The Hall–Kier alpha value is -2.13. The molecule has 0 spiro atoms. The minimum atomic E-state index is 0.616. The number of hydrogen-bond donors (Lipinski definition) is 0. The highest BCUT2D eigenvalue weighted by Gasteiger charge is 2.24. The van der Waals surface area contributed by atoms with Gasteiger partial charge in [0.2, 0.25) is 0 Å². The Morgan fingerprint density at radius 1 is 1.04 bits per heavy atom. The number of hydrogen-bond acceptors (Lipinski definition) is 3. The molecule has 2 heterocycles. The average molecular weight is 320 g/mol. The fourth-order valence-corrected chi connectivity index (χ4v) is 3.91. The van der Waals surface area contributed by atoms with Crippen molar-refractivity contribution >= 4 is 11.0 Å². The van der Waals surface area contributed by atoms with Crippen LogP contribution < -0.4 is 0 Å². The highest BCUT2D eigenvalue weighted by atomic mass is 16.5. The van der Waals surface area contributed by atoms with Gasteiger partial charge in [-0.3, -0.25) is 4.90 Å². The van der Waals surface area contributed by atoms with Gasteiger partial charge in [-0.05, 0) is 55.5 Å². The normalized spacial score (nSPS) is 16.7. The van der Waals surface area contributed by atoms with Crippen LogP contribution in [-0.4, -0.2) is 23.1 Å². The number of aryl methyl sites for hydroxylation is 1. The lowest BCUT2D eigenvalue weighted by molar-refractivity contribution is 0.205. The molecule has 0 atom stereocenters. The molecule has 4 rings (SSSR count). The third-order valence-corrected chi connectivity index (χ3v) is 5.21. The van der Waals surface area contributed by atoms with Gasteiger partial charge in [0.15, 0.2) is 5.58 Å². The fraction of sp³-hybridized carbons (Fsp3) is 0.381. The van der Waals surface area contributed by atoms with Crippen LogP contribution in [0.2, 0.25) is 0 Å². The van der Waals surface area contributed by atoms with E-state index in [0.717, 1.165) is 37.3 Å². The summed E-state index contributed by atoms with van der Waals surface area (Å²) in [6, 6.07) is 17.2. The van der Waals surface area contributed by atoms with Crippen molar-refractivity contribution in [3.8, 4) is 0 Å². The van der Waals surface area contributed by atoms with E-state index in [-0.39, 0.29) is 0 Å². The van der Waals surface area contributed by atoms with Crippen LogP contribution in [-0.2, 0) is 13.0 Å². The molecule has 0 radical (unpaired) electrons. The third kappa shape index (κ3) is 2.96. The second-order valence-electron chi connectivity index (χ2n) is 6.74. The minimum absolute atomic E-state index is 0.616. The maximum Gasteiger partial charge on any atom is 0.167 e. The number of benzene rings is 2. The zero-order valence-electron chi connectivity index (χ0n) is 14.2. The second kappa shape index (κ2) is 6.78. The first-order valence-corrected chi connectivity index (χ1v) is 8.98. The maximum absolute atomic E-state index is 5.51. The first kappa shape index (κ1) is 15.4. The van der Waals surface area contributed by atoms with E-state index in [0.29, 0.717) is 5.92 Å². The van der Waals surface area contributed by atoms with Crippen LogP contribution >= 0.6 is 0 Å². The predicted molar refractivity (Wildman–Crippen MR) is 97.1 cm³/mol. The van der Waals surface area contributed by atoms with Gasteiger partial charge in [-0.15, -0.1) is 0 Å². The summed E-state index contributed by atoms with van der Waals surface area (Å²) < 4.78 is 5.51. The molecule has 0 unspecified atom stereocenters. The Morgan fingerprint density at radius 2 is 1.83 bits per heavy atom. The molecule has 3 heteroatoms. The summed E-state index contributed by atoms with van der Waals surface area (Å²) in [7, 11) is 0. The standard InChI is InChI=1S/C21H24N2O/c1-2-19-21-18(9-6-10-20(21)24-22-19)17-11-13-23(14-12-17)15-16-7-4-3-5-8-16/h3-10,17H,2,11-15H2,1H3. The summed E-state index contributed by atoms with van der Waals surface area (Å²) in [6.07, 6.45) is 3.34. The highest BCUT2D eigenvalue weighted by Crippen LogP contribution is 2.35. The van der Waals surface area contributed by atoms with E-state index < -0.39 is 0 Å². The zero-order chi connectivity index (χ0) is 16.4. The molecule has 0 amide bonds. The Bertz CT molecular complexity index is 801. The maximum atomic E-state index is 5.51. The number of nitrogens with zero attached hydrogens (tertiary/aromatic N) is 2. The minimum Gasteiger partial charge on any atom is -0.356 e. The predicted octanol–water partition coefficient (Wildman–Crippen LogP) is 4.77. The molecule has 124 valence electrons. The Labute approximate surface area is 143 Å². The summed E-state index contributed by atoms with van der Waals surface area (Å²) in [5.74, 6) is 0.616. The summed E-state index contributed by atoms with van der Waals surface area (Å²) in [6.45, 7) is 5.52. The van der Waals surface area contributed by atoms with E-state index in [1.165, 1.54) is 29.4 Å². The van der Waals surface area contributed by atoms with E-state index in [4.69, 9.17) is 4.52 Å². The van der Waals surface area contributed by atoms with Crippen LogP contribution in [0, 0.1) is 0 Å². The van der Waals surface area contributed by atoms with Gasteiger partial charge in [-0.25, -0.2) is 0 Å². The summed E-state index contributed by atoms with van der Waals surface area (Å²) >= 11 is 0. The third-order valence-electron chi connectivity index (χ3n) is 5.21. The number of rotatable bonds is 4. The molecule has 0 aliphatic carbocycles. The Morgan fingerprint density at radius 3 is 2.58 bits per heavy atom. The molecule has 0 bridgehead atoms. The number of aromatic nitrogens is 1. The van der Waals surface area contributed by atoms with Gasteiger partial charge in [-0.1, -0.05) is 54.5 Å². The summed E-state index contributed by atoms with van der Waals surface area (Å²) in [5.41, 5.74) is 4.89. The average Bonchev–Trinajstić information content (AvgIpc) is 3.07. The van der Waals surface area contributed by atoms with Gasteiger partial charge in [0.1, 0.15) is 0 Å². The van der Waals surface area contributed by atoms with E-state index in [2.05, 4.69) is 59.4 Å². The van der Waals surface area contributed by atoms with Gasteiger partial charge < -0.3 is 4.52 Å². The summed E-state index contributed by atoms with van der Waals surface area (Å²) in [5, 5.41) is 5.52. The quantitative estimate of drug-likeness (QED) is 0.693. The van der Waals surface area contributed by atoms with Crippen LogP contribution in [0.25, 0.3) is 11.0 Å². The van der Waals surface area contributed by atoms with Crippen molar-refractivity contribution in [2.24, 2.45) is 0 Å². The van der Waals surface area contributed by atoms with Crippen LogP contribution in [0.15, 0.2) is 53.1 Å². The van der Waals surface area contributed by atoms with Gasteiger partial charge >= 0.3 is 0 Å². The lowest BCUT2D eigenvalue weighted by Crippen LogP contribution is -2.32. The first-order chi connectivity index (χ1) is 11.8. The summed E-state index contributed by atoms with van der Waals surface area (Å²) in [4.78, 5) is 2.57. The molecule has 3 nitrogen and oxygen atoms in total. The lowest BCUT2D eigenvalue weighted by atomic mass is 9.86. The van der Waals surface area contributed by atoms with Gasteiger partial charge in [0.25, 0.3) is 0 Å².